The van der Waals surface area contributed by atoms with Crippen LogP contribution in [0.5, 0.6) is 5.75 Å². The van der Waals surface area contributed by atoms with Gasteiger partial charge in [-0.2, -0.15) is 0 Å². The van der Waals surface area contributed by atoms with Gasteiger partial charge in [0.1, 0.15) is 5.75 Å². The number of carbonyl (C=O) groups is 1. The highest BCUT2D eigenvalue weighted by Gasteiger charge is 2.16. The molecule has 0 unspecified atom stereocenters. The predicted molar refractivity (Wildman–Crippen MR) is 67.1 cm³/mol. The predicted octanol–water partition coefficient (Wildman–Crippen LogP) is 2.80. The molecule has 1 aliphatic heterocycles. The summed E-state index contributed by atoms with van der Waals surface area (Å²) in [7, 11) is 0. The molecular weight excluding hydrogens is 214 g/mol. The van der Waals surface area contributed by atoms with E-state index < -0.39 is 0 Å². The first-order valence-corrected chi connectivity index (χ1v) is 6.36. The first-order chi connectivity index (χ1) is 8.27. The summed E-state index contributed by atoms with van der Waals surface area (Å²) in [6.45, 7) is 1.72. The summed E-state index contributed by atoms with van der Waals surface area (Å²) in [5.41, 5.74) is 0.670. The summed E-state index contributed by atoms with van der Waals surface area (Å²) in [5.74, 6) is 0.293. The number of nitrogens with zero attached hydrogens (tertiary/aromatic N) is 1. The Morgan fingerprint density at radius 1 is 0.941 bits per heavy atom. The summed E-state index contributed by atoms with van der Waals surface area (Å²) in [6, 6.07) is 6.52. The molecule has 0 aliphatic carbocycles. The van der Waals surface area contributed by atoms with Crippen LogP contribution in [0.4, 0.5) is 0 Å². The van der Waals surface area contributed by atoms with Crippen LogP contribution in [0.2, 0.25) is 0 Å². The fraction of sp³-hybridized carbons (Fsp3) is 0.500. The summed E-state index contributed by atoms with van der Waals surface area (Å²) in [6.07, 6.45) is 5.94. The minimum absolute atomic E-state index is 0.0897. The van der Waals surface area contributed by atoms with Crippen LogP contribution in [0.3, 0.4) is 0 Å². The second-order valence-corrected chi connectivity index (χ2v) is 4.61. The third kappa shape index (κ3) is 3.22. The fourth-order valence-electron chi connectivity index (χ4n) is 2.24. The number of carbonyl (C=O) groups excluding carboxylic acids is 1. The third-order valence-corrected chi connectivity index (χ3v) is 3.26. The van der Waals surface area contributed by atoms with Crippen LogP contribution in [-0.4, -0.2) is 29.0 Å². The number of benzene rings is 1. The molecular formula is C14H19NO2. The topological polar surface area (TPSA) is 40.5 Å². The lowest BCUT2D eigenvalue weighted by atomic mass is 10.1. The van der Waals surface area contributed by atoms with Crippen molar-refractivity contribution in [1.29, 1.82) is 0 Å². The molecule has 0 spiro atoms. The minimum Gasteiger partial charge on any atom is -0.508 e. The molecule has 1 aromatic rings. The first kappa shape index (κ1) is 12.0. The molecule has 0 bridgehead atoms. The van der Waals surface area contributed by atoms with Crippen LogP contribution in [-0.2, 0) is 0 Å². The number of likely N-dealkylation sites (tertiary alicyclic amines) is 1. The zero-order valence-electron chi connectivity index (χ0n) is 10.1. The average molecular weight is 233 g/mol. The largest absolute Gasteiger partial charge is 0.508 e. The Balaban J connectivity index is 2.04. The summed E-state index contributed by atoms with van der Waals surface area (Å²) < 4.78 is 0. The van der Waals surface area contributed by atoms with Crippen molar-refractivity contribution >= 4 is 5.91 Å². The highest BCUT2D eigenvalue weighted by molar-refractivity contribution is 5.94. The Labute approximate surface area is 102 Å². The lowest BCUT2D eigenvalue weighted by Gasteiger charge is -2.24. The molecule has 17 heavy (non-hydrogen) atoms. The molecule has 0 saturated carbocycles. The van der Waals surface area contributed by atoms with Crippen LogP contribution in [0.1, 0.15) is 42.5 Å². The van der Waals surface area contributed by atoms with E-state index in [1.807, 2.05) is 4.90 Å². The van der Waals surface area contributed by atoms with Crippen molar-refractivity contribution in [1.82, 2.24) is 4.90 Å². The molecule has 1 aliphatic rings. The smallest absolute Gasteiger partial charge is 0.253 e. The molecule has 3 heteroatoms. The Hall–Kier alpha value is -1.51. The third-order valence-electron chi connectivity index (χ3n) is 3.26. The van der Waals surface area contributed by atoms with Gasteiger partial charge in [0.15, 0.2) is 0 Å². The van der Waals surface area contributed by atoms with Gasteiger partial charge in [-0.05, 0) is 37.1 Å². The normalized spacial score (nSPS) is 17.3. The molecule has 1 heterocycles. The Bertz CT molecular complexity index is 364. The molecule has 1 fully saturated rings. The molecule has 3 nitrogen and oxygen atoms in total. The zero-order chi connectivity index (χ0) is 12.1. The van der Waals surface area contributed by atoms with E-state index in [2.05, 4.69) is 0 Å². The Kier molecular flexibility index (Phi) is 4.02. The molecule has 1 saturated heterocycles. The van der Waals surface area contributed by atoms with Gasteiger partial charge in [0.25, 0.3) is 5.91 Å². The van der Waals surface area contributed by atoms with E-state index in [0.717, 1.165) is 25.9 Å². The zero-order valence-corrected chi connectivity index (χ0v) is 10.1. The van der Waals surface area contributed by atoms with Crippen LogP contribution >= 0.6 is 0 Å². The molecule has 0 radical (unpaired) electrons. The van der Waals surface area contributed by atoms with Gasteiger partial charge in [0.05, 0.1) is 0 Å². The van der Waals surface area contributed by atoms with Crippen molar-refractivity contribution in [3.8, 4) is 5.75 Å². The molecule has 1 N–H and O–H groups in total. The Morgan fingerprint density at radius 2 is 1.47 bits per heavy atom. The second kappa shape index (κ2) is 5.71. The highest BCUT2D eigenvalue weighted by Crippen LogP contribution is 2.15. The van der Waals surface area contributed by atoms with Gasteiger partial charge in [0, 0.05) is 18.7 Å². The van der Waals surface area contributed by atoms with Gasteiger partial charge in [-0.1, -0.05) is 19.3 Å². The maximum absolute atomic E-state index is 12.2. The van der Waals surface area contributed by atoms with Crippen molar-refractivity contribution < 1.29 is 9.90 Å². The van der Waals surface area contributed by atoms with Gasteiger partial charge in [-0.15, -0.1) is 0 Å². The Morgan fingerprint density at radius 3 is 2.06 bits per heavy atom. The molecule has 1 aromatic carbocycles. The molecule has 0 atom stereocenters. The number of phenols is 1. The van der Waals surface area contributed by atoms with Crippen molar-refractivity contribution in [3.05, 3.63) is 29.8 Å². The number of aromatic hydroxyl groups is 1. The number of rotatable bonds is 1. The lowest BCUT2D eigenvalue weighted by molar-refractivity contribution is 0.0742. The van der Waals surface area contributed by atoms with Gasteiger partial charge in [-0.3, -0.25) is 4.79 Å². The summed E-state index contributed by atoms with van der Waals surface area (Å²) in [5, 5.41) is 9.21. The van der Waals surface area contributed by atoms with Crippen molar-refractivity contribution in [2.24, 2.45) is 0 Å². The van der Waals surface area contributed by atoms with E-state index in [-0.39, 0.29) is 11.7 Å². The van der Waals surface area contributed by atoms with Gasteiger partial charge >= 0.3 is 0 Å². The van der Waals surface area contributed by atoms with Crippen LogP contribution in [0.25, 0.3) is 0 Å². The summed E-state index contributed by atoms with van der Waals surface area (Å²) in [4.78, 5) is 14.2. The second-order valence-electron chi connectivity index (χ2n) is 4.61. The van der Waals surface area contributed by atoms with Crippen molar-refractivity contribution in [2.75, 3.05) is 13.1 Å². The number of phenolic OH excluding ortho intramolecular Hbond substituents is 1. The van der Waals surface area contributed by atoms with E-state index in [1.54, 1.807) is 24.3 Å². The number of hydrogen-bond donors (Lipinski definition) is 1. The molecule has 1 amide bonds. The van der Waals surface area contributed by atoms with E-state index in [0.29, 0.717) is 5.56 Å². The van der Waals surface area contributed by atoms with E-state index in [4.69, 9.17) is 0 Å². The highest BCUT2D eigenvalue weighted by atomic mass is 16.3. The SMILES string of the molecule is O=C(c1ccc(O)cc1)N1CCCCCCC1. The van der Waals surface area contributed by atoms with Crippen LogP contribution in [0.15, 0.2) is 24.3 Å². The fourth-order valence-corrected chi connectivity index (χ4v) is 2.24. The average Bonchev–Trinajstić information content (AvgIpc) is 2.29. The maximum Gasteiger partial charge on any atom is 0.253 e. The monoisotopic (exact) mass is 233 g/mol. The molecule has 2 rings (SSSR count). The lowest BCUT2D eigenvalue weighted by Crippen LogP contribution is -2.33. The number of hydrogen-bond acceptors (Lipinski definition) is 2. The quantitative estimate of drug-likeness (QED) is 0.810. The van der Waals surface area contributed by atoms with Gasteiger partial charge in [-0.25, -0.2) is 0 Å². The van der Waals surface area contributed by atoms with Crippen LogP contribution < -0.4 is 0 Å². The molecule has 0 aromatic heterocycles. The van der Waals surface area contributed by atoms with Gasteiger partial charge in [0.2, 0.25) is 0 Å². The summed E-state index contributed by atoms with van der Waals surface area (Å²) >= 11 is 0. The first-order valence-electron chi connectivity index (χ1n) is 6.36. The molecule has 92 valence electrons. The van der Waals surface area contributed by atoms with Crippen molar-refractivity contribution in [2.45, 2.75) is 32.1 Å². The van der Waals surface area contributed by atoms with Crippen molar-refractivity contribution in [3.63, 3.8) is 0 Å². The van der Waals surface area contributed by atoms with E-state index >= 15 is 0 Å². The maximum atomic E-state index is 12.2. The minimum atomic E-state index is 0.0897. The van der Waals surface area contributed by atoms with Crippen LogP contribution in [0, 0.1) is 0 Å². The van der Waals surface area contributed by atoms with Gasteiger partial charge < -0.3 is 10.0 Å². The standard InChI is InChI=1S/C14H19NO2/c16-13-8-6-12(7-9-13)14(17)15-10-4-2-1-3-5-11-15/h6-9,16H,1-5,10-11H2. The van der Waals surface area contributed by atoms with E-state index in [1.165, 1.54) is 19.3 Å². The number of amides is 1. The van der Waals surface area contributed by atoms with E-state index in [9.17, 15) is 9.90 Å².